The molecule has 2 nitrogen and oxygen atoms in total. The molecule has 0 saturated carbocycles. The molecular formula is C20H18FeO2P+. The summed E-state index contributed by atoms with van der Waals surface area (Å²) in [6.07, 6.45) is 0. The first-order valence-electron chi connectivity index (χ1n) is 6.95. The molecule has 24 heavy (non-hydrogen) atoms. The molecule has 0 radical (unpaired) electrons. The Morgan fingerprint density at radius 2 is 0.667 bits per heavy atom. The Morgan fingerprint density at radius 3 is 0.875 bits per heavy atom. The summed E-state index contributed by atoms with van der Waals surface area (Å²) in [7, 11) is -0.877. The third kappa shape index (κ3) is 6.22. The average Bonchev–Trinajstić information content (AvgIpc) is 2.68. The SMILES string of the molecule is [CH-]=O.[CH-]=O.[Fe+2].c1ccc([PH+](c2ccccc2)c2ccccc2)cc1. The number of carbonyl (C=O) groups excluding carboxylic acids is 2. The molecule has 0 aromatic heterocycles. The minimum Gasteiger partial charge on any atom is -0.545 e. The van der Waals surface area contributed by atoms with Gasteiger partial charge in [0.1, 0.15) is 15.9 Å². The molecule has 3 aromatic rings. The van der Waals surface area contributed by atoms with E-state index in [0.29, 0.717) is 0 Å². The first-order valence-corrected chi connectivity index (χ1v) is 8.45. The minimum absolute atomic E-state index is 0. The number of rotatable bonds is 3. The van der Waals surface area contributed by atoms with Crippen molar-refractivity contribution in [3.05, 3.63) is 91.0 Å². The zero-order valence-corrected chi connectivity index (χ0v) is 15.1. The van der Waals surface area contributed by atoms with E-state index in [1.54, 1.807) is 0 Å². The molecule has 0 N–H and O–H groups in total. The molecule has 122 valence electrons. The zero-order valence-electron chi connectivity index (χ0n) is 13.0. The molecule has 4 heteroatoms. The quantitative estimate of drug-likeness (QED) is 0.304. The van der Waals surface area contributed by atoms with E-state index in [-0.39, 0.29) is 17.1 Å². The van der Waals surface area contributed by atoms with Crippen LogP contribution in [-0.4, -0.2) is 13.6 Å². The number of hydrogen-bond donors (Lipinski definition) is 0. The Labute approximate surface area is 155 Å². The van der Waals surface area contributed by atoms with Crippen molar-refractivity contribution in [3.63, 3.8) is 0 Å². The second-order valence-electron chi connectivity index (χ2n) is 4.47. The van der Waals surface area contributed by atoms with E-state index in [1.807, 2.05) is 0 Å². The van der Waals surface area contributed by atoms with Crippen LogP contribution in [0.15, 0.2) is 91.0 Å². The minimum atomic E-state index is -0.877. The van der Waals surface area contributed by atoms with Gasteiger partial charge in [-0.3, -0.25) is 13.6 Å². The first kappa shape index (κ1) is 21.9. The Bertz CT molecular complexity index is 567. The van der Waals surface area contributed by atoms with Crippen LogP contribution in [-0.2, 0) is 26.7 Å². The van der Waals surface area contributed by atoms with Crippen molar-refractivity contribution in [1.82, 2.24) is 0 Å². The van der Waals surface area contributed by atoms with Gasteiger partial charge in [0.2, 0.25) is 0 Å². The van der Waals surface area contributed by atoms with Crippen LogP contribution in [0.5, 0.6) is 0 Å². The fraction of sp³-hybridized carbons (Fsp3) is 0. The van der Waals surface area contributed by atoms with E-state index in [2.05, 4.69) is 105 Å². The van der Waals surface area contributed by atoms with Gasteiger partial charge in [-0.1, -0.05) is 54.6 Å². The van der Waals surface area contributed by atoms with Gasteiger partial charge in [-0.05, 0) is 36.4 Å². The summed E-state index contributed by atoms with van der Waals surface area (Å²) in [6, 6.07) is 32.5. The molecule has 0 spiro atoms. The van der Waals surface area contributed by atoms with Gasteiger partial charge in [0.15, 0.2) is 0 Å². The van der Waals surface area contributed by atoms with E-state index in [4.69, 9.17) is 9.59 Å². The predicted octanol–water partition coefficient (Wildman–Crippen LogP) is 2.63. The molecule has 0 aliphatic rings. The molecule has 0 amide bonds. The molecule has 0 saturated heterocycles. The molecule has 3 aromatic carbocycles. The summed E-state index contributed by atoms with van der Waals surface area (Å²) in [5.74, 6) is 0. The summed E-state index contributed by atoms with van der Waals surface area (Å²) >= 11 is 0. The van der Waals surface area contributed by atoms with Crippen molar-refractivity contribution in [1.29, 1.82) is 0 Å². The smallest absolute Gasteiger partial charge is 0.545 e. The molecule has 3 rings (SSSR count). The van der Waals surface area contributed by atoms with Crippen molar-refractivity contribution in [2.75, 3.05) is 0 Å². The van der Waals surface area contributed by atoms with Gasteiger partial charge in [-0.15, -0.1) is 0 Å². The Morgan fingerprint density at radius 1 is 0.458 bits per heavy atom. The molecule has 0 unspecified atom stereocenters. The Kier molecular flexibility index (Phi) is 12.2. The topological polar surface area (TPSA) is 34.1 Å². The van der Waals surface area contributed by atoms with Crippen LogP contribution in [0.4, 0.5) is 0 Å². The van der Waals surface area contributed by atoms with Crippen molar-refractivity contribution in [2.45, 2.75) is 0 Å². The monoisotopic (exact) mass is 377 g/mol. The van der Waals surface area contributed by atoms with Crippen LogP contribution in [0.3, 0.4) is 0 Å². The summed E-state index contributed by atoms with van der Waals surface area (Å²) in [6.45, 7) is 6.50. The Balaban J connectivity index is 0.000000987. The van der Waals surface area contributed by atoms with Crippen molar-refractivity contribution < 1.29 is 26.7 Å². The summed E-state index contributed by atoms with van der Waals surface area (Å²) in [4.78, 5) is 15.5. The van der Waals surface area contributed by atoms with Crippen LogP contribution < -0.4 is 15.9 Å². The third-order valence-corrected chi connectivity index (χ3v) is 5.92. The van der Waals surface area contributed by atoms with Crippen molar-refractivity contribution in [2.24, 2.45) is 0 Å². The van der Waals surface area contributed by atoms with Gasteiger partial charge in [-0.25, -0.2) is 0 Å². The van der Waals surface area contributed by atoms with Gasteiger partial charge >= 0.3 is 17.1 Å². The molecule has 0 atom stereocenters. The van der Waals surface area contributed by atoms with Crippen LogP contribution in [0, 0.1) is 0 Å². The van der Waals surface area contributed by atoms with Crippen LogP contribution in [0.25, 0.3) is 0 Å². The third-order valence-electron chi connectivity index (χ3n) is 3.19. The van der Waals surface area contributed by atoms with Crippen LogP contribution in [0.2, 0.25) is 0 Å². The molecular weight excluding hydrogens is 359 g/mol. The average molecular weight is 377 g/mol. The normalized spacial score (nSPS) is 8.71. The molecule has 0 aliphatic heterocycles. The van der Waals surface area contributed by atoms with E-state index in [0.717, 1.165) is 0 Å². The largest absolute Gasteiger partial charge is 2.00 e. The number of benzene rings is 3. The second-order valence-corrected chi connectivity index (χ2v) is 6.96. The van der Waals surface area contributed by atoms with Crippen molar-refractivity contribution >= 4 is 37.4 Å². The molecule has 0 aliphatic carbocycles. The maximum atomic E-state index is 7.75. The maximum Gasteiger partial charge on any atom is 2.00 e. The van der Waals surface area contributed by atoms with E-state index in [1.165, 1.54) is 15.9 Å². The summed E-state index contributed by atoms with van der Waals surface area (Å²) < 4.78 is 0. The number of hydrogen-bond acceptors (Lipinski definition) is 2. The van der Waals surface area contributed by atoms with Gasteiger partial charge in [0, 0.05) is 0 Å². The summed E-state index contributed by atoms with van der Waals surface area (Å²) in [5, 5.41) is 4.31. The van der Waals surface area contributed by atoms with E-state index in [9.17, 15) is 0 Å². The van der Waals surface area contributed by atoms with Crippen LogP contribution in [0.1, 0.15) is 0 Å². The molecule has 0 bridgehead atoms. The van der Waals surface area contributed by atoms with E-state index < -0.39 is 7.92 Å². The summed E-state index contributed by atoms with van der Waals surface area (Å²) in [5.41, 5.74) is 0. The molecule has 0 fully saturated rings. The standard InChI is InChI=1S/C18H15P.2CHO.Fe/c1-4-10-16(11-5-1)19(17-12-6-2-7-13-17)18-14-8-3-9-15-18;2*1-2;/h1-15H;2*1H;/q;2*-1;+2/p+1. The van der Waals surface area contributed by atoms with Gasteiger partial charge < -0.3 is 9.59 Å². The van der Waals surface area contributed by atoms with Gasteiger partial charge in [0.25, 0.3) is 0 Å². The van der Waals surface area contributed by atoms with Gasteiger partial charge in [-0.2, -0.15) is 0 Å². The zero-order chi connectivity index (χ0) is 16.9. The van der Waals surface area contributed by atoms with E-state index >= 15 is 0 Å². The first-order chi connectivity index (χ1) is 11.4. The molecule has 0 heterocycles. The Hall–Kier alpha value is -2.05. The fourth-order valence-corrected chi connectivity index (χ4v) is 4.89. The van der Waals surface area contributed by atoms with Crippen LogP contribution >= 0.6 is 7.92 Å². The second kappa shape index (κ2) is 13.4. The van der Waals surface area contributed by atoms with Crippen molar-refractivity contribution in [3.8, 4) is 0 Å². The predicted molar refractivity (Wildman–Crippen MR) is 100 cm³/mol. The fourth-order valence-electron chi connectivity index (χ4n) is 2.31. The maximum absolute atomic E-state index is 7.75. The van der Waals surface area contributed by atoms with Gasteiger partial charge in [0.05, 0.1) is 7.92 Å².